The minimum Gasteiger partial charge on any atom is -0.383 e. The maximum absolute atomic E-state index is 11.7. The SMILES string of the molecule is Nc1cc(=O)n2[nH]c(-c3ccccc3)cc2n1. The molecule has 0 bridgehead atoms. The van der Waals surface area contributed by atoms with E-state index in [2.05, 4.69) is 10.1 Å². The number of fused-ring (bicyclic) bond motifs is 1. The van der Waals surface area contributed by atoms with Crippen LogP contribution in [0.3, 0.4) is 0 Å². The van der Waals surface area contributed by atoms with E-state index in [4.69, 9.17) is 5.73 Å². The molecule has 84 valence electrons. The fourth-order valence-electron chi connectivity index (χ4n) is 1.78. The number of H-pyrrole nitrogens is 1. The Morgan fingerprint density at radius 2 is 1.94 bits per heavy atom. The van der Waals surface area contributed by atoms with Crippen molar-refractivity contribution in [2.45, 2.75) is 0 Å². The summed E-state index contributed by atoms with van der Waals surface area (Å²) in [6.07, 6.45) is 0. The number of aromatic nitrogens is 3. The minimum atomic E-state index is -0.213. The van der Waals surface area contributed by atoms with E-state index in [1.54, 1.807) is 6.07 Å². The van der Waals surface area contributed by atoms with Gasteiger partial charge in [-0.15, -0.1) is 0 Å². The third kappa shape index (κ3) is 1.57. The van der Waals surface area contributed by atoms with Gasteiger partial charge in [0.2, 0.25) is 0 Å². The fourth-order valence-corrected chi connectivity index (χ4v) is 1.78. The summed E-state index contributed by atoms with van der Waals surface area (Å²) >= 11 is 0. The molecule has 1 aromatic carbocycles. The third-order valence-electron chi connectivity index (χ3n) is 2.55. The molecule has 2 heterocycles. The molecular formula is C12H10N4O. The Balaban J connectivity index is 2.28. The van der Waals surface area contributed by atoms with E-state index in [1.807, 2.05) is 30.3 Å². The first-order valence-corrected chi connectivity index (χ1v) is 5.18. The van der Waals surface area contributed by atoms with Gasteiger partial charge in [-0.05, 0) is 5.56 Å². The van der Waals surface area contributed by atoms with Gasteiger partial charge in [0.15, 0.2) is 5.65 Å². The number of anilines is 1. The zero-order valence-corrected chi connectivity index (χ0v) is 8.92. The van der Waals surface area contributed by atoms with E-state index in [0.29, 0.717) is 5.65 Å². The van der Waals surface area contributed by atoms with Gasteiger partial charge in [0.25, 0.3) is 5.56 Å². The monoisotopic (exact) mass is 226 g/mol. The van der Waals surface area contributed by atoms with E-state index in [-0.39, 0.29) is 11.4 Å². The summed E-state index contributed by atoms with van der Waals surface area (Å²) in [6, 6.07) is 12.8. The molecule has 3 N–H and O–H groups in total. The number of benzene rings is 1. The van der Waals surface area contributed by atoms with Crippen LogP contribution >= 0.6 is 0 Å². The molecule has 0 aliphatic carbocycles. The molecule has 0 spiro atoms. The predicted molar refractivity (Wildman–Crippen MR) is 65.7 cm³/mol. The van der Waals surface area contributed by atoms with Crippen LogP contribution in [0.4, 0.5) is 5.82 Å². The summed E-state index contributed by atoms with van der Waals surface area (Å²) in [4.78, 5) is 15.7. The second-order valence-corrected chi connectivity index (χ2v) is 3.75. The molecule has 0 saturated heterocycles. The predicted octanol–water partition coefficient (Wildman–Crippen LogP) is 1.27. The lowest BCUT2D eigenvalue weighted by Gasteiger charge is -1.95. The highest BCUT2D eigenvalue weighted by Crippen LogP contribution is 2.17. The Morgan fingerprint density at radius 1 is 1.18 bits per heavy atom. The molecule has 5 nitrogen and oxygen atoms in total. The van der Waals surface area contributed by atoms with Gasteiger partial charge in [0.1, 0.15) is 5.82 Å². The number of aromatic amines is 1. The Bertz CT molecular complexity index is 727. The molecule has 0 aliphatic rings. The van der Waals surface area contributed by atoms with Crippen LogP contribution in [0.5, 0.6) is 0 Å². The summed E-state index contributed by atoms with van der Waals surface area (Å²) < 4.78 is 1.37. The highest BCUT2D eigenvalue weighted by Gasteiger charge is 2.05. The van der Waals surface area contributed by atoms with E-state index in [9.17, 15) is 4.79 Å². The quantitative estimate of drug-likeness (QED) is 0.656. The smallest absolute Gasteiger partial charge is 0.274 e. The van der Waals surface area contributed by atoms with Crippen molar-refractivity contribution < 1.29 is 0 Å². The van der Waals surface area contributed by atoms with Crippen molar-refractivity contribution in [2.75, 3.05) is 5.73 Å². The van der Waals surface area contributed by atoms with Gasteiger partial charge in [-0.2, -0.15) is 0 Å². The molecule has 0 unspecified atom stereocenters. The van der Waals surface area contributed by atoms with E-state index < -0.39 is 0 Å². The number of hydrogen-bond acceptors (Lipinski definition) is 3. The number of nitrogens with zero attached hydrogens (tertiary/aromatic N) is 2. The number of nitrogens with one attached hydrogen (secondary N) is 1. The van der Waals surface area contributed by atoms with Crippen LogP contribution in [0, 0.1) is 0 Å². The molecule has 0 radical (unpaired) electrons. The number of rotatable bonds is 1. The van der Waals surface area contributed by atoms with Gasteiger partial charge < -0.3 is 5.73 Å². The van der Waals surface area contributed by atoms with Crippen LogP contribution in [-0.4, -0.2) is 14.6 Å². The van der Waals surface area contributed by atoms with Crippen molar-refractivity contribution in [1.82, 2.24) is 14.6 Å². The average Bonchev–Trinajstić information content (AvgIpc) is 2.74. The number of nitrogens with two attached hydrogens (primary N) is 1. The summed E-state index contributed by atoms with van der Waals surface area (Å²) in [5, 5.41) is 2.99. The normalized spacial score (nSPS) is 10.8. The summed E-state index contributed by atoms with van der Waals surface area (Å²) in [5.74, 6) is 0.230. The lowest BCUT2D eigenvalue weighted by atomic mass is 10.2. The first-order chi connectivity index (χ1) is 8.24. The molecule has 0 atom stereocenters. The van der Waals surface area contributed by atoms with Crippen molar-refractivity contribution in [1.29, 1.82) is 0 Å². The topological polar surface area (TPSA) is 76.2 Å². The van der Waals surface area contributed by atoms with Crippen LogP contribution < -0.4 is 11.3 Å². The standard InChI is InChI=1S/C12H10N4O/c13-10-7-12(17)16-11(14-10)6-9(15-16)8-4-2-1-3-5-8/h1-7,15H,13H2. The average molecular weight is 226 g/mol. The largest absolute Gasteiger partial charge is 0.383 e. The Morgan fingerprint density at radius 3 is 2.71 bits per heavy atom. The Hall–Kier alpha value is -2.56. The zero-order valence-electron chi connectivity index (χ0n) is 8.92. The molecule has 0 fully saturated rings. The first kappa shape index (κ1) is 9.65. The Kier molecular flexibility index (Phi) is 1.98. The van der Waals surface area contributed by atoms with Gasteiger partial charge >= 0.3 is 0 Å². The van der Waals surface area contributed by atoms with Crippen molar-refractivity contribution in [2.24, 2.45) is 0 Å². The molecule has 0 saturated carbocycles. The first-order valence-electron chi connectivity index (χ1n) is 5.18. The van der Waals surface area contributed by atoms with E-state index in [0.717, 1.165) is 11.3 Å². The Labute approximate surface area is 96.5 Å². The van der Waals surface area contributed by atoms with E-state index in [1.165, 1.54) is 10.6 Å². The maximum atomic E-state index is 11.7. The van der Waals surface area contributed by atoms with Crippen molar-refractivity contribution >= 4 is 11.5 Å². The molecule has 0 aliphatic heterocycles. The van der Waals surface area contributed by atoms with Gasteiger partial charge in [-0.25, -0.2) is 9.50 Å². The zero-order chi connectivity index (χ0) is 11.8. The molecule has 3 rings (SSSR count). The lowest BCUT2D eigenvalue weighted by molar-refractivity contribution is 0.905. The van der Waals surface area contributed by atoms with Crippen LogP contribution in [0.25, 0.3) is 16.9 Å². The van der Waals surface area contributed by atoms with Crippen LogP contribution in [-0.2, 0) is 0 Å². The summed E-state index contributed by atoms with van der Waals surface area (Å²) in [5.41, 5.74) is 7.67. The molecule has 17 heavy (non-hydrogen) atoms. The highest BCUT2D eigenvalue weighted by molar-refractivity contribution is 5.64. The minimum absolute atomic E-state index is 0.213. The summed E-state index contributed by atoms with van der Waals surface area (Å²) in [7, 11) is 0. The van der Waals surface area contributed by atoms with Crippen molar-refractivity contribution in [3.8, 4) is 11.3 Å². The molecule has 2 aromatic heterocycles. The molecule has 0 amide bonds. The number of hydrogen-bond donors (Lipinski definition) is 2. The van der Waals surface area contributed by atoms with Crippen molar-refractivity contribution in [3.05, 3.63) is 52.8 Å². The highest BCUT2D eigenvalue weighted by atomic mass is 16.1. The second-order valence-electron chi connectivity index (χ2n) is 3.75. The fraction of sp³-hybridized carbons (Fsp3) is 0. The van der Waals surface area contributed by atoms with Gasteiger partial charge in [-0.3, -0.25) is 9.89 Å². The third-order valence-corrected chi connectivity index (χ3v) is 2.55. The van der Waals surface area contributed by atoms with Gasteiger partial charge in [0, 0.05) is 12.1 Å². The molecule has 5 heteroatoms. The lowest BCUT2D eigenvalue weighted by Crippen LogP contribution is -2.14. The van der Waals surface area contributed by atoms with Crippen LogP contribution in [0.1, 0.15) is 0 Å². The van der Waals surface area contributed by atoms with Gasteiger partial charge in [-0.1, -0.05) is 30.3 Å². The summed E-state index contributed by atoms with van der Waals surface area (Å²) in [6.45, 7) is 0. The second kappa shape index (κ2) is 3.48. The van der Waals surface area contributed by atoms with Crippen LogP contribution in [0.15, 0.2) is 47.3 Å². The van der Waals surface area contributed by atoms with Crippen molar-refractivity contribution in [3.63, 3.8) is 0 Å². The molecule has 3 aromatic rings. The van der Waals surface area contributed by atoms with E-state index >= 15 is 0 Å². The number of nitrogen functional groups attached to an aromatic ring is 1. The maximum Gasteiger partial charge on any atom is 0.274 e. The molecular weight excluding hydrogens is 216 g/mol. The van der Waals surface area contributed by atoms with Gasteiger partial charge in [0.05, 0.1) is 5.69 Å². The van der Waals surface area contributed by atoms with Crippen LogP contribution in [0.2, 0.25) is 0 Å².